The number of carbonyl (C=O) groups is 2. The number of rotatable bonds is 6. The maximum atomic E-state index is 13.2. The first-order chi connectivity index (χ1) is 14.3. The minimum Gasteiger partial charge on any atom is -0.373 e. The highest BCUT2D eigenvalue weighted by atomic mass is 19.1. The number of nitrogens with zero attached hydrogens (tertiary/aromatic N) is 2. The van der Waals surface area contributed by atoms with E-state index in [9.17, 15) is 14.0 Å². The van der Waals surface area contributed by atoms with Crippen LogP contribution in [0.1, 0.15) is 40.1 Å². The number of hydrogen-bond acceptors (Lipinski definition) is 3. The first kappa shape index (κ1) is 22.0. The molecule has 2 amide bonds. The summed E-state index contributed by atoms with van der Waals surface area (Å²) in [5.41, 5.74) is 2.21. The quantitative estimate of drug-likeness (QED) is 0.726. The summed E-state index contributed by atoms with van der Waals surface area (Å²) < 4.78 is 19.1. The van der Waals surface area contributed by atoms with Gasteiger partial charge in [-0.1, -0.05) is 31.5 Å². The summed E-state index contributed by atoms with van der Waals surface area (Å²) >= 11 is 0. The number of halogens is 1. The van der Waals surface area contributed by atoms with Crippen LogP contribution in [0, 0.1) is 18.7 Å². The van der Waals surface area contributed by atoms with E-state index in [1.807, 2.05) is 45.0 Å². The van der Waals surface area contributed by atoms with Crippen LogP contribution in [0.2, 0.25) is 0 Å². The molecule has 160 valence electrons. The molecule has 5 nitrogen and oxygen atoms in total. The SMILES string of the molecule is Cc1ccc(C(=O)N2CCOC(CN(CC(C)C)C(=O)c3ccc(F)cc3)C2)cc1. The molecule has 2 aromatic rings. The zero-order chi connectivity index (χ0) is 21.7. The number of ether oxygens (including phenoxy) is 1. The van der Waals surface area contributed by atoms with Crippen LogP contribution < -0.4 is 0 Å². The summed E-state index contributed by atoms with van der Waals surface area (Å²) in [5.74, 6) is -0.288. The van der Waals surface area contributed by atoms with Crippen molar-refractivity contribution in [1.29, 1.82) is 0 Å². The number of benzene rings is 2. The summed E-state index contributed by atoms with van der Waals surface area (Å²) in [7, 11) is 0. The molecular weight excluding hydrogens is 383 g/mol. The van der Waals surface area contributed by atoms with Crippen molar-refractivity contribution in [3.05, 3.63) is 71.0 Å². The lowest BCUT2D eigenvalue weighted by molar-refractivity contribution is -0.0340. The van der Waals surface area contributed by atoms with E-state index < -0.39 is 0 Å². The lowest BCUT2D eigenvalue weighted by atomic mass is 10.1. The van der Waals surface area contributed by atoms with E-state index in [-0.39, 0.29) is 29.7 Å². The van der Waals surface area contributed by atoms with Gasteiger partial charge in [0.2, 0.25) is 0 Å². The number of aryl methyl sites for hydroxylation is 1. The van der Waals surface area contributed by atoms with Crippen LogP contribution in [-0.4, -0.2) is 60.5 Å². The maximum absolute atomic E-state index is 13.2. The predicted octanol–water partition coefficient (Wildman–Crippen LogP) is 3.77. The Hall–Kier alpha value is -2.73. The second kappa shape index (κ2) is 9.85. The second-order valence-corrected chi connectivity index (χ2v) is 8.22. The molecule has 2 aromatic carbocycles. The van der Waals surface area contributed by atoms with Gasteiger partial charge in [-0.05, 0) is 49.2 Å². The smallest absolute Gasteiger partial charge is 0.254 e. The number of amides is 2. The Morgan fingerprint density at radius 2 is 1.73 bits per heavy atom. The Kier molecular flexibility index (Phi) is 7.21. The van der Waals surface area contributed by atoms with Crippen molar-refractivity contribution in [3.8, 4) is 0 Å². The highest BCUT2D eigenvalue weighted by molar-refractivity contribution is 5.95. The first-order valence-electron chi connectivity index (χ1n) is 10.4. The Bertz CT molecular complexity index is 865. The molecule has 0 bridgehead atoms. The molecule has 0 aliphatic carbocycles. The van der Waals surface area contributed by atoms with Gasteiger partial charge < -0.3 is 14.5 Å². The van der Waals surface area contributed by atoms with Crippen molar-refractivity contribution in [1.82, 2.24) is 9.80 Å². The van der Waals surface area contributed by atoms with Gasteiger partial charge in [-0.2, -0.15) is 0 Å². The second-order valence-electron chi connectivity index (χ2n) is 8.22. The number of carbonyl (C=O) groups excluding carboxylic acids is 2. The van der Waals surface area contributed by atoms with Crippen molar-refractivity contribution in [2.75, 3.05) is 32.8 Å². The highest BCUT2D eigenvalue weighted by Crippen LogP contribution is 2.15. The van der Waals surface area contributed by atoms with Crippen LogP contribution in [-0.2, 0) is 4.74 Å². The van der Waals surface area contributed by atoms with Crippen LogP contribution in [0.4, 0.5) is 4.39 Å². The standard InChI is InChI=1S/C24H29FN2O3/c1-17(2)14-27(24(29)20-8-10-21(25)11-9-20)16-22-15-26(12-13-30-22)23(28)19-6-4-18(3)5-7-19/h4-11,17,22H,12-16H2,1-3H3. The van der Waals surface area contributed by atoms with E-state index in [1.54, 1.807) is 9.80 Å². The Morgan fingerprint density at radius 3 is 2.37 bits per heavy atom. The number of hydrogen-bond donors (Lipinski definition) is 0. The van der Waals surface area contributed by atoms with Crippen molar-refractivity contribution in [2.24, 2.45) is 5.92 Å². The van der Waals surface area contributed by atoms with Crippen LogP contribution in [0.15, 0.2) is 48.5 Å². The fourth-order valence-corrected chi connectivity index (χ4v) is 3.59. The highest BCUT2D eigenvalue weighted by Gasteiger charge is 2.28. The largest absolute Gasteiger partial charge is 0.373 e. The fourth-order valence-electron chi connectivity index (χ4n) is 3.59. The van der Waals surface area contributed by atoms with E-state index in [4.69, 9.17) is 4.74 Å². The molecule has 1 fully saturated rings. The zero-order valence-corrected chi connectivity index (χ0v) is 17.8. The molecule has 0 aromatic heterocycles. The average molecular weight is 413 g/mol. The maximum Gasteiger partial charge on any atom is 0.254 e. The molecule has 1 saturated heterocycles. The number of morpholine rings is 1. The van der Waals surface area contributed by atoms with Gasteiger partial charge in [0.25, 0.3) is 11.8 Å². The van der Waals surface area contributed by atoms with Gasteiger partial charge in [0, 0.05) is 37.3 Å². The van der Waals surface area contributed by atoms with Crippen molar-refractivity contribution in [2.45, 2.75) is 26.9 Å². The summed E-state index contributed by atoms with van der Waals surface area (Å²) in [6, 6.07) is 13.1. The summed E-state index contributed by atoms with van der Waals surface area (Å²) in [5, 5.41) is 0. The monoisotopic (exact) mass is 412 g/mol. The van der Waals surface area contributed by atoms with Gasteiger partial charge in [0.15, 0.2) is 0 Å². The van der Waals surface area contributed by atoms with E-state index in [0.29, 0.717) is 43.9 Å². The van der Waals surface area contributed by atoms with Crippen LogP contribution >= 0.6 is 0 Å². The van der Waals surface area contributed by atoms with Crippen LogP contribution in [0.5, 0.6) is 0 Å². The van der Waals surface area contributed by atoms with E-state index >= 15 is 0 Å². The van der Waals surface area contributed by atoms with Crippen molar-refractivity contribution in [3.63, 3.8) is 0 Å². The average Bonchev–Trinajstić information content (AvgIpc) is 2.73. The van der Waals surface area contributed by atoms with E-state index in [1.165, 1.54) is 24.3 Å². The van der Waals surface area contributed by atoms with Crippen molar-refractivity contribution < 1.29 is 18.7 Å². The minimum absolute atomic E-state index is 0.0245. The van der Waals surface area contributed by atoms with Gasteiger partial charge in [-0.25, -0.2) is 4.39 Å². The molecule has 1 aliphatic heterocycles. The molecule has 1 atom stereocenters. The third kappa shape index (κ3) is 5.66. The molecule has 0 N–H and O–H groups in total. The first-order valence-corrected chi connectivity index (χ1v) is 10.4. The molecule has 1 unspecified atom stereocenters. The van der Waals surface area contributed by atoms with E-state index in [2.05, 4.69) is 0 Å². The molecule has 0 spiro atoms. The molecule has 30 heavy (non-hydrogen) atoms. The normalized spacial score (nSPS) is 16.6. The molecule has 3 rings (SSSR count). The predicted molar refractivity (Wildman–Crippen MR) is 114 cm³/mol. The molecule has 0 radical (unpaired) electrons. The summed E-state index contributed by atoms with van der Waals surface area (Å²) in [4.78, 5) is 29.4. The molecule has 1 heterocycles. The Balaban J connectivity index is 1.69. The van der Waals surface area contributed by atoms with Gasteiger partial charge >= 0.3 is 0 Å². The van der Waals surface area contributed by atoms with Gasteiger partial charge in [-0.15, -0.1) is 0 Å². The fraction of sp³-hybridized carbons (Fsp3) is 0.417. The lowest BCUT2D eigenvalue weighted by Crippen LogP contribution is -2.51. The summed E-state index contributed by atoms with van der Waals surface area (Å²) in [6.45, 7) is 8.40. The van der Waals surface area contributed by atoms with Gasteiger partial charge in [-0.3, -0.25) is 9.59 Å². The van der Waals surface area contributed by atoms with Crippen LogP contribution in [0.25, 0.3) is 0 Å². The third-order valence-corrected chi connectivity index (χ3v) is 5.11. The Morgan fingerprint density at radius 1 is 1.10 bits per heavy atom. The summed E-state index contributed by atoms with van der Waals surface area (Å²) in [6.07, 6.45) is -0.267. The topological polar surface area (TPSA) is 49.9 Å². The third-order valence-electron chi connectivity index (χ3n) is 5.11. The van der Waals surface area contributed by atoms with Crippen LogP contribution in [0.3, 0.4) is 0 Å². The van der Waals surface area contributed by atoms with E-state index in [0.717, 1.165) is 5.56 Å². The molecule has 0 saturated carbocycles. The molecular formula is C24H29FN2O3. The molecule has 1 aliphatic rings. The Labute approximate surface area is 177 Å². The minimum atomic E-state index is -0.372. The van der Waals surface area contributed by atoms with Gasteiger partial charge in [0.05, 0.1) is 12.7 Å². The molecule has 6 heteroatoms. The van der Waals surface area contributed by atoms with Gasteiger partial charge in [0.1, 0.15) is 5.82 Å². The zero-order valence-electron chi connectivity index (χ0n) is 17.8. The lowest BCUT2D eigenvalue weighted by Gasteiger charge is -2.36. The van der Waals surface area contributed by atoms with Crippen molar-refractivity contribution >= 4 is 11.8 Å².